The minimum atomic E-state index is -4.57. The van der Waals surface area contributed by atoms with Gasteiger partial charge in [-0.25, -0.2) is 9.97 Å². The van der Waals surface area contributed by atoms with Gasteiger partial charge in [-0.05, 0) is 50.6 Å². The molecule has 0 spiro atoms. The van der Waals surface area contributed by atoms with Gasteiger partial charge in [-0.15, -0.1) is 0 Å². The molecule has 1 aliphatic heterocycles. The van der Waals surface area contributed by atoms with E-state index in [4.69, 9.17) is 16.3 Å². The lowest BCUT2D eigenvalue weighted by atomic mass is 9.98. The Kier molecular flexibility index (Phi) is 5.59. The van der Waals surface area contributed by atoms with E-state index in [9.17, 15) is 18.0 Å². The van der Waals surface area contributed by atoms with Gasteiger partial charge in [0.2, 0.25) is 5.95 Å². The number of ether oxygens (including phenoxy) is 1. The molecule has 3 N–H and O–H groups in total. The number of hydrogen-bond donors (Lipinski definition) is 3. The number of alkyl halides is 3. The van der Waals surface area contributed by atoms with Crippen LogP contribution in [0.4, 0.5) is 30.5 Å². The molecule has 4 aromatic rings. The molecule has 0 saturated carbocycles. The average Bonchev–Trinajstić information content (AvgIpc) is 3.34. The van der Waals surface area contributed by atoms with Crippen LogP contribution in [0.15, 0.2) is 42.6 Å². The number of anilines is 3. The molecular weight excluding hydrogens is 495 g/mol. The van der Waals surface area contributed by atoms with Crippen molar-refractivity contribution < 1.29 is 22.7 Å². The molecule has 0 bridgehead atoms. The van der Waals surface area contributed by atoms with E-state index in [1.807, 2.05) is 32.9 Å². The van der Waals surface area contributed by atoms with E-state index in [1.165, 1.54) is 0 Å². The Morgan fingerprint density at radius 3 is 2.67 bits per heavy atom. The van der Waals surface area contributed by atoms with Crippen molar-refractivity contribution in [2.24, 2.45) is 0 Å². The summed E-state index contributed by atoms with van der Waals surface area (Å²) in [5.41, 5.74) is 2.39. The molecule has 3 heterocycles. The second-order valence-electron chi connectivity index (χ2n) is 9.19. The topological polar surface area (TPSA) is 91.9 Å². The summed E-state index contributed by atoms with van der Waals surface area (Å²) in [7, 11) is 0. The van der Waals surface area contributed by atoms with Gasteiger partial charge in [0.05, 0.1) is 39.2 Å². The van der Waals surface area contributed by atoms with E-state index >= 15 is 0 Å². The number of amides is 1. The largest absolute Gasteiger partial charge is 0.486 e. The number of aromatic nitrogens is 3. The van der Waals surface area contributed by atoms with Gasteiger partial charge < -0.3 is 20.4 Å². The molecule has 11 heteroatoms. The highest BCUT2D eigenvalue weighted by molar-refractivity contribution is 6.33. The number of pyridine rings is 1. The average molecular weight is 516 g/mol. The SMILES string of the molecule is Cc1cccc(Cl)c1Nc1nc2cc(C(=O)Nc3ccc(C(F)(F)F)nc3)c3c(c2[nH]1)CC(C)(C)O3. The maximum Gasteiger partial charge on any atom is 0.433 e. The number of carbonyl (C=O) groups excluding carboxylic acids is 1. The van der Waals surface area contributed by atoms with Crippen LogP contribution in [-0.2, 0) is 12.6 Å². The van der Waals surface area contributed by atoms with Crippen LogP contribution in [0, 0.1) is 6.92 Å². The number of carbonyl (C=O) groups is 1. The Bertz CT molecular complexity index is 1480. The third kappa shape index (κ3) is 4.44. The van der Waals surface area contributed by atoms with Crippen molar-refractivity contribution in [3.63, 3.8) is 0 Å². The number of imidazole rings is 1. The zero-order valence-corrected chi connectivity index (χ0v) is 20.2. The van der Waals surface area contributed by atoms with E-state index in [-0.39, 0.29) is 11.3 Å². The quantitative estimate of drug-likeness (QED) is 0.283. The molecule has 1 aliphatic rings. The van der Waals surface area contributed by atoms with Gasteiger partial charge in [-0.2, -0.15) is 13.2 Å². The zero-order valence-electron chi connectivity index (χ0n) is 19.5. The summed E-state index contributed by atoms with van der Waals surface area (Å²) in [5, 5.41) is 6.35. The van der Waals surface area contributed by atoms with E-state index in [0.717, 1.165) is 35.0 Å². The van der Waals surface area contributed by atoms with Crippen LogP contribution in [0.25, 0.3) is 11.0 Å². The monoisotopic (exact) mass is 515 g/mol. The molecule has 0 unspecified atom stereocenters. The lowest BCUT2D eigenvalue weighted by Crippen LogP contribution is -2.25. The molecule has 0 aliphatic carbocycles. The van der Waals surface area contributed by atoms with Crippen molar-refractivity contribution in [2.45, 2.75) is 39.0 Å². The predicted octanol–water partition coefficient (Wildman–Crippen LogP) is 6.65. The minimum absolute atomic E-state index is 0.123. The maximum atomic E-state index is 13.2. The van der Waals surface area contributed by atoms with Gasteiger partial charge in [0, 0.05) is 12.0 Å². The third-order valence-electron chi connectivity index (χ3n) is 5.84. The van der Waals surface area contributed by atoms with Gasteiger partial charge in [0.15, 0.2) is 0 Å². The number of benzene rings is 2. The lowest BCUT2D eigenvalue weighted by molar-refractivity contribution is -0.141. The van der Waals surface area contributed by atoms with Crippen molar-refractivity contribution in [3.05, 3.63) is 70.0 Å². The lowest BCUT2D eigenvalue weighted by Gasteiger charge is -2.18. The molecule has 5 rings (SSSR count). The van der Waals surface area contributed by atoms with Crippen LogP contribution in [0.5, 0.6) is 5.75 Å². The molecular formula is C25H21ClF3N5O2. The van der Waals surface area contributed by atoms with Crippen LogP contribution < -0.4 is 15.4 Å². The summed E-state index contributed by atoms with van der Waals surface area (Å²) in [4.78, 5) is 24.4. The Morgan fingerprint density at radius 1 is 1.22 bits per heavy atom. The summed E-state index contributed by atoms with van der Waals surface area (Å²) < 4.78 is 44.5. The predicted molar refractivity (Wildman–Crippen MR) is 131 cm³/mol. The van der Waals surface area contributed by atoms with Gasteiger partial charge in [0.1, 0.15) is 17.0 Å². The summed E-state index contributed by atoms with van der Waals surface area (Å²) >= 11 is 6.34. The molecule has 0 saturated heterocycles. The second kappa shape index (κ2) is 8.41. The van der Waals surface area contributed by atoms with Crippen molar-refractivity contribution >= 4 is 45.9 Å². The Morgan fingerprint density at radius 2 is 2.00 bits per heavy atom. The third-order valence-corrected chi connectivity index (χ3v) is 6.15. The molecule has 2 aromatic heterocycles. The number of aromatic amines is 1. The van der Waals surface area contributed by atoms with E-state index < -0.39 is 23.4 Å². The molecule has 186 valence electrons. The number of para-hydroxylation sites is 1. The van der Waals surface area contributed by atoms with Gasteiger partial charge in [0.25, 0.3) is 5.91 Å². The van der Waals surface area contributed by atoms with Crippen LogP contribution >= 0.6 is 11.6 Å². The summed E-state index contributed by atoms with van der Waals surface area (Å²) in [6.45, 7) is 5.73. The first-order valence-electron chi connectivity index (χ1n) is 11.0. The number of rotatable bonds is 4. The van der Waals surface area contributed by atoms with Gasteiger partial charge in [-0.3, -0.25) is 4.79 Å². The zero-order chi connectivity index (χ0) is 25.8. The highest BCUT2D eigenvalue weighted by Crippen LogP contribution is 2.42. The van der Waals surface area contributed by atoms with Crippen molar-refractivity contribution in [3.8, 4) is 5.75 Å². The summed E-state index contributed by atoms with van der Waals surface area (Å²) in [5.74, 6) is 0.290. The van der Waals surface area contributed by atoms with Crippen LogP contribution in [0.2, 0.25) is 5.02 Å². The smallest absolute Gasteiger partial charge is 0.433 e. The first-order chi connectivity index (χ1) is 16.9. The first-order valence-corrected chi connectivity index (χ1v) is 11.4. The van der Waals surface area contributed by atoms with Gasteiger partial charge in [-0.1, -0.05) is 23.7 Å². The fourth-order valence-electron chi connectivity index (χ4n) is 4.19. The van der Waals surface area contributed by atoms with Crippen LogP contribution in [-0.4, -0.2) is 26.5 Å². The fourth-order valence-corrected chi connectivity index (χ4v) is 4.46. The van der Waals surface area contributed by atoms with Gasteiger partial charge >= 0.3 is 6.18 Å². The standard InChI is InChI=1S/C25H21ClF3N5O2/c1-12-5-4-6-16(26)19(12)33-23-32-17-9-14(21-15(20(17)34-23)10-24(2,3)36-21)22(35)31-13-7-8-18(30-11-13)25(27,28)29/h4-9,11H,10H2,1-3H3,(H,31,35)(H2,32,33,34). The molecule has 0 radical (unpaired) electrons. The second-order valence-corrected chi connectivity index (χ2v) is 9.60. The number of nitrogens with one attached hydrogen (secondary N) is 3. The van der Waals surface area contributed by atoms with Crippen molar-refractivity contribution in [1.29, 1.82) is 0 Å². The van der Waals surface area contributed by atoms with Crippen molar-refractivity contribution in [2.75, 3.05) is 10.6 Å². The molecule has 36 heavy (non-hydrogen) atoms. The number of halogens is 4. The molecule has 0 atom stereocenters. The number of H-pyrrole nitrogens is 1. The normalized spacial score (nSPS) is 14.4. The summed E-state index contributed by atoms with van der Waals surface area (Å²) in [6, 6.07) is 9.09. The molecule has 7 nitrogen and oxygen atoms in total. The number of fused-ring (bicyclic) bond motifs is 3. The Labute approximate surface area is 209 Å². The fraction of sp³-hybridized carbons (Fsp3) is 0.240. The highest BCUT2D eigenvalue weighted by atomic mass is 35.5. The number of aryl methyl sites for hydroxylation is 1. The minimum Gasteiger partial charge on any atom is -0.486 e. The number of nitrogens with zero attached hydrogens (tertiary/aromatic N) is 2. The van der Waals surface area contributed by atoms with Crippen LogP contribution in [0.3, 0.4) is 0 Å². The van der Waals surface area contributed by atoms with E-state index in [1.54, 1.807) is 12.1 Å². The van der Waals surface area contributed by atoms with E-state index in [2.05, 4.69) is 25.6 Å². The number of hydrogen-bond acceptors (Lipinski definition) is 5. The molecule has 1 amide bonds. The first kappa shape index (κ1) is 23.9. The van der Waals surface area contributed by atoms with E-state index in [0.29, 0.717) is 34.3 Å². The molecule has 0 fully saturated rings. The Hall–Kier alpha value is -3.79. The van der Waals surface area contributed by atoms with Crippen molar-refractivity contribution in [1.82, 2.24) is 15.0 Å². The molecule has 2 aromatic carbocycles. The van der Waals surface area contributed by atoms with Crippen LogP contribution in [0.1, 0.15) is 41.0 Å². The summed E-state index contributed by atoms with van der Waals surface area (Å²) in [6.07, 6.45) is -3.08. The Balaban J connectivity index is 1.51. The highest BCUT2D eigenvalue weighted by Gasteiger charge is 2.36. The maximum absolute atomic E-state index is 13.2.